The molecule has 0 aliphatic carbocycles. The predicted octanol–water partition coefficient (Wildman–Crippen LogP) is 2.02. The van der Waals surface area contributed by atoms with Gasteiger partial charge in [0.25, 0.3) is 0 Å². The van der Waals surface area contributed by atoms with Gasteiger partial charge in [0.15, 0.2) is 0 Å². The van der Waals surface area contributed by atoms with Crippen LogP contribution in [0.5, 0.6) is 0 Å². The lowest BCUT2D eigenvalue weighted by Crippen LogP contribution is -2.32. The molecular formula is C9H17NO3. The SMILES string of the molecule is C=CCCONC(=O)OC(C)(C)C. The molecule has 0 aromatic carbocycles. The first kappa shape index (κ1) is 12.0. The second kappa shape index (κ2) is 5.59. The number of hydrogen-bond acceptors (Lipinski definition) is 3. The quantitative estimate of drug-likeness (QED) is 0.416. The summed E-state index contributed by atoms with van der Waals surface area (Å²) in [4.78, 5) is 15.7. The van der Waals surface area contributed by atoms with E-state index in [9.17, 15) is 4.79 Å². The summed E-state index contributed by atoms with van der Waals surface area (Å²) >= 11 is 0. The number of hydroxylamine groups is 1. The average molecular weight is 187 g/mol. The van der Waals surface area contributed by atoms with Crippen molar-refractivity contribution in [1.82, 2.24) is 5.48 Å². The fourth-order valence-electron chi connectivity index (χ4n) is 0.551. The van der Waals surface area contributed by atoms with Crippen molar-refractivity contribution in [1.29, 1.82) is 0 Å². The second-order valence-electron chi connectivity index (χ2n) is 3.53. The number of amides is 1. The fraction of sp³-hybridized carbons (Fsp3) is 0.667. The molecule has 0 heterocycles. The Morgan fingerprint density at radius 2 is 2.15 bits per heavy atom. The summed E-state index contributed by atoms with van der Waals surface area (Å²) in [6.45, 7) is 9.28. The molecule has 4 nitrogen and oxygen atoms in total. The van der Waals surface area contributed by atoms with Crippen LogP contribution < -0.4 is 5.48 Å². The minimum Gasteiger partial charge on any atom is -0.442 e. The van der Waals surface area contributed by atoms with Gasteiger partial charge in [-0.3, -0.25) is 4.84 Å². The number of rotatable bonds is 4. The van der Waals surface area contributed by atoms with E-state index >= 15 is 0 Å². The summed E-state index contributed by atoms with van der Waals surface area (Å²) in [6, 6.07) is 0. The topological polar surface area (TPSA) is 47.6 Å². The Kier molecular flexibility index (Phi) is 5.14. The van der Waals surface area contributed by atoms with Gasteiger partial charge in [0.1, 0.15) is 5.60 Å². The Labute approximate surface area is 78.9 Å². The molecule has 0 aliphatic rings. The van der Waals surface area contributed by atoms with Crippen molar-refractivity contribution in [3.05, 3.63) is 12.7 Å². The lowest BCUT2D eigenvalue weighted by Gasteiger charge is -2.19. The molecule has 0 bridgehead atoms. The summed E-state index contributed by atoms with van der Waals surface area (Å²) in [5, 5.41) is 0. The fourth-order valence-corrected chi connectivity index (χ4v) is 0.551. The third kappa shape index (κ3) is 8.88. The van der Waals surface area contributed by atoms with E-state index in [4.69, 9.17) is 9.57 Å². The molecular weight excluding hydrogens is 170 g/mol. The Morgan fingerprint density at radius 1 is 1.54 bits per heavy atom. The van der Waals surface area contributed by atoms with Crippen LogP contribution in [0.25, 0.3) is 0 Å². The zero-order valence-electron chi connectivity index (χ0n) is 8.42. The molecule has 0 fully saturated rings. The molecule has 0 aliphatic heterocycles. The Morgan fingerprint density at radius 3 is 2.62 bits per heavy atom. The van der Waals surface area contributed by atoms with E-state index in [0.29, 0.717) is 13.0 Å². The molecule has 0 atom stereocenters. The molecule has 76 valence electrons. The maximum atomic E-state index is 10.9. The van der Waals surface area contributed by atoms with Crippen molar-refractivity contribution < 1.29 is 14.4 Å². The summed E-state index contributed by atoms with van der Waals surface area (Å²) < 4.78 is 4.92. The first-order chi connectivity index (χ1) is 5.95. The van der Waals surface area contributed by atoms with Crippen LogP contribution in [0.15, 0.2) is 12.7 Å². The third-order valence-corrected chi connectivity index (χ3v) is 0.978. The monoisotopic (exact) mass is 187 g/mol. The minimum atomic E-state index is -0.573. The van der Waals surface area contributed by atoms with Gasteiger partial charge in [-0.25, -0.2) is 4.79 Å². The Balaban J connectivity index is 3.47. The first-order valence-electron chi connectivity index (χ1n) is 4.17. The highest BCUT2D eigenvalue weighted by Crippen LogP contribution is 2.06. The zero-order valence-corrected chi connectivity index (χ0v) is 8.42. The van der Waals surface area contributed by atoms with Gasteiger partial charge < -0.3 is 4.74 Å². The molecule has 0 aromatic heterocycles. The Bertz CT molecular complexity index is 172. The highest BCUT2D eigenvalue weighted by molar-refractivity contribution is 5.66. The van der Waals surface area contributed by atoms with E-state index in [1.54, 1.807) is 26.8 Å². The van der Waals surface area contributed by atoms with Crippen molar-refractivity contribution in [2.24, 2.45) is 0 Å². The molecule has 0 spiro atoms. The molecule has 1 amide bonds. The lowest BCUT2D eigenvalue weighted by molar-refractivity contribution is -0.00643. The molecule has 4 heteroatoms. The molecule has 0 rings (SSSR count). The van der Waals surface area contributed by atoms with Crippen LogP contribution >= 0.6 is 0 Å². The van der Waals surface area contributed by atoms with E-state index < -0.39 is 11.7 Å². The summed E-state index contributed by atoms with van der Waals surface area (Å²) in [5.74, 6) is 0. The van der Waals surface area contributed by atoms with E-state index in [2.05, 4.69) is 12.1 Å². The molecule has 0 unspecified atom stereocenters. The predicted molar refractivity (Wildman–Crippen MR) is 50.1 cm³/mol. The van der Waals surface area contributed by atoms with Gasteiger partial charge in [-0.2, -0.15) is 5.48 Å². The molecule has 0 saturated heterocycles. The van der Waals surface area contributed by atoms with Gasteiger partial charge in [0.05, 0.1) is 6.61 Å². The van der Waals surface area contributed by atoms with Gasteiger partial charge in [0, 0.05) is 0 Å². The van der Waals surface area contributed by atoms with Crippen LogP contribution in [0.2, 0.25) is 0 Å². The molecule has 0 saturated carbocycles. The van der Waals surface area contributed by atoms with Crippen LogP contribution in [0, 0.1) is 0 Å². The maximum Gasteiger partial charge on any atom is 0.431 e. The van der Waals surface area contributed by atoms with Gasteiger partial charge in [-0.05, 0) is 27.2 Å². The van der Waals surface area contributed by atoms with E-state index in [-0.39, 0.29) is 0 Å². The smallest absolute Gasteiger partial charge is 0.431 e. The molecule has 0 aromatic rings. The number of carbonyl (C=O) groups excluding carboxylic acids is 1. The summed E-state index contributed by atoms with van der Waals surface area (Å²) in [6.07, 6.45) is 1.82. The number of ether oxygens (including phenoxy) is 1. The number of nitrogens with one attached hydrogen (secondary N) is 1. The highest BCUT2D eigenvalue weighted by atomic mass is 16.7. The summed E-state index contributed by atoms with van der Waals surface area (Å²) in [5.41, 5.74) is 1.67. The minimum absolute atomic E-state index is 0.405. The van der Waals surface area contributed by atoms with Crippen LogP contribution in [-0.2, 0) is 9.57 Å². The number of carbonyl (C=O) groups is 1. The third-order valence-electron chi connectivity index (χ3n) is 0.978. The lowest BCUT2D eigenvalue weighted by atomic mass is 10.2. The van der Waals surface area contributed by atoms with E-state index in [1.165, 1.54) is 0 Å². The second-order valence-corrected chi connectivity index (χ2v) is 3.53. The summed E-state index contributed by atoms with van der Waals surface area (Å²) in [7, 11) is 0. The zero-order chi connectivity index (χ0) is 10.3. The molecule has 13 heavy (non-hydrogen) atoms. The normalized spacial score (nSPS) is 10.7. The van der Waals surface area contributed by atoms with Crippen molar-refractivity contribution in [3.63, 3.8) is 0 Å². The van der Waals surface area contributed by atoms with Crippen LogP contribution in [0.1, 0.15) is 27.2 Å². The Hall–Kier alpha value is -1.03. The highest BCUT2D eigenvalue weighted by Gasteiger charge is 2.15. The van der Waals surface area contributed by atoms with E-state index in [1.807, 2.05) is 0 Å². The van der Waals surface area contributed by atoms with Crippen LogP contribution in [0.3, 0.4) is 0 Å². The van der Waals surface area contributed by atoms with Crippen molar-refractivity contribution in [2.75, 3.05) is 6.61 Å². The first-order valence-corrected chi connectivity index (χ1v) is 4.17. The van der Waals surface area contributed by atoms with Gasteiger partial charge in [-0.15, -0.1) is 6.58 Å². The van der Waals surface area contributed by atoms with Crippen LogP contribution in [-0.4, -0.2) is 18.3 Å². The van der Waals surface area contributed by atoms with Crippen molar-refractivity contribution in [2.45, 2.75) is 32.8 Å². The average Bonchev–Trinajstić information content (AvgIpc) is 1.94. The standard InChI is InChI=1S/C9H17NO3/c1-5-6-7-12-10-8(11)13-9(2,3)4/h5H,1,6-7H2,2-4H3,(H,10,11). The maximum absolute atomic E-state index is 10.9. The van der Waals surface area contributed by atoms with Gasteiger partial charge in [-0.1, -0.05) is 6.08 Å². The molecule has 0 radical (unpaired) electrons. The van der Waals surface area contributed by atoms with Crippen molar-refractivity contribution in [3.8, 4) is 0 Å². The largest absolute Gasteiger partial charge is 0.442 e. The van der Waals surface area contributed by atoms with Gasteiger partial charge >= 0.3 is 6.09 Å². The molecule has 1 N–H and O–H groups in total. The van der Waals surface area contributed by atoms with E-state index in [0.717, 1.165) is 0 Å². The number of hydrogen-bond donors (Lipinski definition) is 1. The van der Waals surface area contributed by atoms with Crippen LogP contribution in [0.4, 0.5) is 4.79 Å². The van der Waals surface area contributed by atoms with Gasteiger partial charge in [0.2, 0.25) is 0 Å². The van der Waals surface area contributed by atoms with Crippen molar-refractivity contribution >= 4 is 6.09 Å².